The summed E-state index contributed by atoms with van der Waals surface area (Å²) < 4.78 is 1.13. The zero-order chi connectivity index (χ0) is 14.6. The summed E-state index contributed by atoms with van der Waals surface area (Å²) in [6.07, 6.45) is 4.68. The molecule has 0 amide bonds. The third-order valence-electron chi connectivity index (χ3n) is 4.83. The predicted octanol–water partition coefficient (Wildman–Crippen LogP) is 3.09. The van der Waals surface area contributed by atoms with E-state index in [1.54, 1.807) is 0 Å². The van der Waals surface area contributed by atoms with Gasteiger partial charge in [-0.2, -0.15) is 0 Å². The van der Waals surface area contributed by atoms with Gasteiger partial charge in [-0.05, 0) is 63.4 Å². The van der Waals surface area contributed by atoms with Gasteiger partial charge in [0.25, 0.3) is 0 Å². The number of nitrogens with zero attached hydrogens (tertiary/aromatic N) is 1. The minimum atomic E-state index is 0.119. The molecule has 3 N–H and O–H groups in total. The van der Waals surface area contributed by atoms with Crippen LogP contribution in [0.3, 0.4) is 0 Å². The maximum atomic E-state index is 5.90. The molecule has 112 valence electrons. The standard InChI is InChI=1S/C16H26BrN3/c1-3-16(2,20-9-4-5-10-20)15(19-18)12-13-7-6-8-14(17)11-13/h6-8,11,15,19H,3-5,9-10,12,18H2,1-2H3. The lowest BCUT2D eigenvalue weighted by molar-refractivity contribution is 0.0841. The quantitative estimate of drug-likeness (QED) is 0.618. The summed E-state index contributed by atoms with van der Waals surface area (Å²) in [5.74, 6) is 5.90. The van der Waals surface area contributed by atoms with Crippen LogP contribution in [-0.4, -0.2) is 29.6 Å². The maximum Gasteiger partial charge on any atom is 0.0432 e. The summed E-state index contributed by atoms with van der Waals surface area (Å²) in [6.45, 7) is 7.01. The monoisotopic (exact) mass is 339 g/mol. The van der Waals surface area contributed by atoms with E-state index in [0.29, 0.717) is 0 Å². The van der Waals surface area contributed by atoms with Gasteiger partial charge < -0.3 is 0 Å². The summed E-state index contributed by atoms with van der Waals surface area (Å²) in [7, 11) is 0. The highest BCUT2D eigenvalue weighted by Gasteiger charge is 2.38. The smallest absolute Gasteiger partial charge is 0.0432 e. The van der Waals surface area contributed by atoms with Crippen molar-refractivity contribution in [3.63, 3.8) is 0 Å². The number of rotatable bonds is 6. The van der Waals surface area contributed by atoms with E-state index in [0.717, 1.165) is 17.3 Å². The van der Waals surface area contributed by atoms with Crippen molar-refractivity contribution >= 4 is 15.9 Å². The Labute approximate surface area is 131 Å². The highest BCUT2D eigenvalue weighted by atomic mass is 79.9. The molecule has 0 radical (unpaired) electrons. The van der Waals surface area contributed by atoms with Crippen LogP contribution in [0.25, 0.3) is 0 Å². The Morgan fingerprint density at radius 2 is 2.10 bits per heavy atom. The fraction of sp³-hybridized carbons (Fsp3) is 0.625. The van der Waals surface area contributed by atoms with Crippen LogP contribution in [0.15, 0.2) is 28.7 Å². The first-order chi connectivity index (χ1) is 9.60. The van der Waals surface area contributed by atoms with Gasteiger partial charge in [0.2, 0.25) is 0 Å². The minimum Gasteiger partial charge on any atom is -0.296 e. The van der Waals surface area contributed by atoms with E-state index < -0.39 is 0 Å². The van der Waals surface area contributed by atoms with Crippen LogP contribution >= 0.6 is 15.9 Å². The van der Waals surface area contributed by atoms with Gasteiger partial charge in [0.15, 0.2) is 0 Å². The first kappa shape index (κ1) is 16.0. The Bertz CT molecular complexity index is 431. The van der Waals surface area contributed by atoms with Gasteiger partial charge in [0, 0.05) is 16.1 Å². The highest BCUT2D eigenvalue weighted by Crippen LogP contribution is 2.29. The van der Waals surface area contributed by atoms with Crippen LogP contribution < -0.4 is 11.3 Å². The van der Waals surface area contributed by atoms with Gasteiger partial charge in [-0.1, -0.05) is 35.0 Å². The number of benzene rings is 1. The van der Waals surface area contributed by atoms with Crippen LogP contribution in [0.2, 0.25) is 0 Å². The molecule has 0 bridgehead atoms. The van der Waals surface area contributed by atoms with Crippen molar-refractivity contribution in [3.05, 3.63) is 34.3 Å². The average Bonchev–Trinajstić information content (AvgIpc) is 2.98. The van der Waals surface area contributed by atoms with Crippen molar-refractivity contribution in [1.82, 2.24) is 10.3 Å². The second-order valence-corrected chi connectivity index (χ2v) is 6.87. The SMILES string of the molecule is CCC(C)(C(Cc1cccc(Br)c1)NN)N1CCCC1. The molecule has 0 saturated carbocycles. The Morgan fingerprint density at radius 1 is 1.40 bits per heavy atom. The molecule has 1 aromatic carbocycles. The van der Waals surface area contributed by atoms with Gasteiger partial charge in [-0.25, -0.2) is 0 Å². The molecule has 2 rings (SSSR count). The summed E-state index contributed by atoms with van der Waals surface area (Å²) >= 11 is 3.55. The molecule has 3 nitrogen and oxygen atoms in total. The first-order valence-electron chi connectivity index (χ1n) is 7.55. The molecule has 1 aliphatic rings. The van der Waals surface area contributed by atoms with Gasteiger partial charge in [0.05, 0.1) is 0 Å². The summed E-state index contributed by atoms with van der Waals surface area (Å²) in [5, 5.41) is 0. The van der Waals surface area contributed by atoms with Crippen molar-refractivity contribution in [2.75, 3.05) is 13.1 Å². The number of nitrogens with one attached hydrogen (secondary N) is 1. The van der Waals surface area contributed by atoms with E-state index in [4.69, 9.17) is 5.84 Å². The molecule has 1 aliphatic heterocycles. The summed E-state index contributed by atoms with van der Waals surface area (Å²) in [4.78, 5) is 2.61. The molecule has 0 spiro atoms. The second-order valence-electron chi connectivity index (χ2n) is 5.96. The Hall–Kier alpha value is -0.420. The molecule has 1 fully saturated rings. The molecule has 0 aromatic heterocycles. The second kappa shape index (κ2) is 7.03. The van der Waals surface area contributed by atoms with Crippen LogP contribution in [-0.2, 0) is 6.42 Å². The third-order valence-corrected chi connectivity index (χ3v) is 5.32. The minimum absolute atomic E-state index is 0.119. The van der Waals surface area contributed by atoms with E-state index in [1.807, 2.05) is 0 Å². The summed E-state index contributed by atoms with van der Waals surface area (Å²) in [5.41, 5.74) is 4.52. The highest BCUT2D eigenvalue weighted by molar-refractivity contribution is 9.10. The zero-order valence-corrected chi connectivity index (χ0v) is 14.1. The van der Waals surface area contributed by atoms with E-state index >= 15 is 0 Å². The van der Waals surface area contributed by atoms with Crippen molar-refractivity contribution < 1.29 is 0 Å². The molecule has 1 aromatic rings. The van der Waals surface area contributed by atoms with Crippen LogP contribution in [0.5, 0.6) is 0 Å². The van der Waals surface area contributed by atoms with Gasteiger partial charge in [0.1, 0.15) is 0 Å². The molecular formula is C16H26BrN3. The Balaban J connectivity index is 2.16. The van der Waals surface area contributed by atoms with Gasteiger partial charge >= 0.3 is 0 Å². The van der Waals surface area contributed by atoms with Crippen molar-refractivity contribution in [1.29, 1.82) is 0 Å². The maximum absolute atomic E-state index is 5.90. The topological polar surface area (TPSA) is 41.3 Å². The lowest BCUT2D eigenvalue weighted by atomic mass is 9.84. The van der Waals surface area contributed by atoms with E-state index in [1.165, 1.54) is 31.5 Å². The normalized spacial score (nSPS) is 20.8. The largest absolute Gasteiger partial charge is 0.296 e. The Kier molecular flexibility index (Phi) is 5.61. The van der Waals surface area contributed by atoms with Crippen molar-refractivity contribution in [3.8, 4) is 0 Å². The van der Waals surface area contributed by atoms with Crippen molar-refractivity contribution in [2.24, 2.45) is 5.84 Å². The number of hydrogen-bond acceptors (Lipinski definition) is 3. The number of likely N-dealkylation sites (tertiary alicyclic amines) is 1. The number of nitrogens with two attached hydrogens (primary N) is 1. The lowest BCUT2D eigenvalue weighted by Gasteiger charge is -2.44. The number of halogens is 1. The Morgan fingerprint density at radius 3 is 2.65 bits per heavy atom. The van der Waals surface area contributed by atoms with Gasteiger partial charge in [-0.3, -0.25) is 16.2 Å². The molecule has 0 aliphatic carbocycles. The molecule has 1 heterocycles. The molecule has 2 atom stereocenters. The molecular weight excluding hydrogens is 314 g/mol. The molecule has 1 saturated heterocycles. The van der Waals surface area contributed by atoms with E-state index in [2.05, 4.69) is 64.4 Å². The molecule has 2 unspecified atom stereocenters. The lowest BCUT2D eigenvalue weighted by Crippen LogP contribution is -2.61. The third kappa shape index (κ3) is 3.42. The van der Waals surface area contributed by atoms with E-state index in [9.17, 15) is 0 Å². The number of hydrogen-bond donors (Lipinski definition) is 2. The zero-order valence-electron chi connectivity index (χ0n) is 12.5. The van der Waals surface area contributed by atoms with Crippen LogP contribution in [0.4, 0.5) is 0 Å². The molecule has 4 heteroatoms. The molecule has 20 heavy (non-hydrogen) atoms. The predicted molar refractivity (Wildman–Crippen MR) is 88.5 cm³/mol. The summed E-state index contributed by atoms with van der Waals surface area (Å²) in [6, 6.07) is 8.78. The first-order valence-corrected chi connectivity index (χ1v) is 8.35. The van der Waals surface area contributed by atoms with E-state index in [-0.39, 0.29) is 11.6 Å². The van der Waals surface area contributed by atoms with Crippen molar-refractivity contribution in [2.45, 2.75) is 51.1 Å². The van der Waals surface area contributed by atoms with Crippen LogP contribution in [0.1, 0.15) is 38.7 Å². The van der Waals surface area contributed by atoms with Crippen LogP contribution in [0, 0.1) is 0 Å². The fourth-order valence-electron chi connectivity index (χ4n) is 3.28. The fourth-order valence-corrected chi connectivity index (χ4v) is 3.72. The van der Waals surface area contributed by atoms with Gasteiger partial charge in [-0.15, -0.1) is 0 Å². The number of hydrazine groups is 1. The average molecular weight is 340 g/mol.